The number of rotatable bonds is 4. The Morgan fingerprint density at radius 2 is 2.03 bits per heavy atom. The van der Waals surface area contributed by atoms with Crippen LogP contribution in [0.1, 0.15) is 38.7 Å². The van der Waals surface area contributed by atoms with E-state index in [0.717, 1.165) is 42.6 Å². The molecule has 1 aromatic carbocycles. The number of aromatic nitrogens is 3. The highest BCUT2D eigenvalue weighted by molar-refractivity contribution is 6.05. The van der Waals surface area contributed by atoms with E-state index in [1.54, 1.807) is 22.8 Å². The normalized spacial score (nSPS) is 20.7. The predicted octanol–water partition coefficient (Wildman–Crippen LogP) is 3.90. The lowest BCUT2D eigenvalue weighted by molar-refractivity contribution is -0.114. The predicted molar refractivity (Wildman–Crippen MR) is 133 cm³/mol. The second kappa shape index (κ2) is 9.02. The molecule has 0 saturated heterocycles. The molecule has 3 heterocycles. The molecule has 3 aromatic rings. The molecule has 0 N–H and O–H groups in total. The Bertz CT molecular complexity index is 1360. The second-order valence-electron chi connectivity index (χ2n) is 8.91. The van der Waals surface area contributed by atoms with Crippen LogP contribution in [0.25, 0.3) is 11.0 Å². The van der Waals surface area contributed by atoms with E-state index in [1.807, 2.05) is 36.1 Å². The number of amides is 1. The van der Waals surface area contributed by atoms with Crippen molar-refractivity contribution >= 4 is 34.0 Å². The average Bonchev–Trinajstić information content (AvgIpc) is 2.88. The van der Waals surface area contributed by atoms with Crippen LogP contribution in [0.2, 0.25) is 0 Å². The molecule has 5 rings (SSSR count). The molecule has 1 fully saturated rings. The highest BCUT2D eigenvalue weighted by atomic mass is 16.5. The summed E-state index contributed by atoms with van der Waals surface area (Å²) in [6.45, 7) is 6.50. The lowest BCUT2D eigenvalue weighted by Gasteiger charge is -2.38. The first kappa shape index (κ1) is 21.0. The zero-order valence-electron chi connectivity index (χ0n) is 20.5. The van der Waals surface area contributed by atoms with Crippen molar-refractivity contribution in [2.24, 2.45) is 0 Å². The fourth-order valence-corrected chi connectivity index (χ4v) is 5.32. The van der Waals surface area contributed by atoms with E-state index in [2.05, 4.69) is 16.5 Å². The summed E-state index contributed by atoms with van der Waals surface area (Å²) in [5.41, 5.74) is 3.40. The molecule has 2 aromatic heterocycles. The highest BCUT2D eigenvalue weighted by Gasteiger charge is 2.31. The Balaban J connectivity index is 1.68. The molecular formula is C26H29N5O3. The van der Waals surface area contributed by atoms with Crippen LogP contribution in [0.4, 0.5) is 17.1 Å². The molecule has 0 unspecified atom stereocenters. The van der Waals surface area contributed by atoms with Crippen molar-refractivity contribution < 1.29 is 10.9 Å². The number of benzene rings is 1. The van der Waals surface area contributed by atoms with Crippen molar-refractivity contribution in [2.75, 3.05) is 30.0 Å². The van der Waals surface area contributed by atoms with Crippen LogP contribution in [0.5, 0.6) is 0 Å². The molecule has 1 amide bonds. The van der Waals surface area contributed by atoms with Gasteiger partial charge in [0.2, 0.25) is 0 Å². The van der Waals surface area contributed by atoms with Gasteiger partial charge >= 0.3 is 0 Å². The third-order valence-corrected chi connectivity index (χ3v) is 7.03. The van der Waals surface area contributed by atoms with Gasteiger partial charge in [-0.1, -0.05) is 18.7 Å². The molecule has 0 radical (unpaired) electrons. The van der Waals surface area contributed by atoms with Crippen LogP contribution in [0.3, 0.4) is 0 Å². The average molecular weight is 461 g/mol. The number of hydrogen-bond acceptors (Lipinski definition) is 6. The molecule has 2 aliphatic rings. The molecule has 0 atom stereocenters. The molecule has 176 valence electrons. The number of fused-ring (bicyclic) bond motifs is 2. The molecule has 1 aliphatic heterocycles. The summed E-state index contributed by atoms with van der Waals surface area (Å²) in [7, 11) is 1.73. The van der Waals surface area contributed by atoms with Gasteiger partial charge in [-0.05, 0) is 56.4 Å². The Labute approximate surface area is 199 Å². The first-order valence-corrected chi connectivity index (χ1v) is 11.7. The third-order valence-electron chi connectivity index (χ3n) is 7.03. The maximum Gasteiger partial charge on any atom is 0.276 e. The van der Waals surface area contributed by atoms with E-state index in [1.165, 1.54) is 6.08 Å². The summed E-state index contributed by atoms with van der Waals surface area (Å²) in [5, 5.41) is 0.711. The molecule has 8 nitrogen and oxygen atoms in total. The number of carbonyl (C=O) groups excluding carboxylic acids is 1. The van der Waals surface area contributed by atoms with E-state index in [-0.39, 0.29) is 29.9 Å². The summed E-state index contributed by atoms with van der Waals surface area (Å²) in [4.78, 5) is 38.8. The summed E-state index contributed by atoms with van der Waals surface area (Å²) in [6, 6.07) is 7.61. The van der Waals surface area contributed by atoms with Crippen LogP contribution in [0.15, 0.2) is 54.2 Å². The van der Waals surface area contributed by atoms with Gasteiger partial charge in [0.15, 0.2) is 0 Å². The van der Waals surface area contributed by atoms with E-state index >= 15 is 0 Å². The fourth-order valence-electron chi connectivity index (χ4n) is 5.32. The third kappa shape index (κ3) is 3.68. The first-order chi connectivity index (χ1) is 16.9. The minimum atomic E-state index is -0.164. The first-order valence-electron chi connectivity index (χ1n) is 12.2. The molecule has 8 heteroatoms. The van der Waals surface area contributed by atoms with E-state index in [9.17, 15) is 9.59 Å². The number of hydrogen-bond donors (Lipinski definition) is 0. The van der Waals surface area contributed by atoms with Gasteiger partial charge in [0.25, 0.3) is 11.5 Å². The van der Waals surface area contributed by atoms with Crippen molar-refractivity contribution in [3.8, 4) is 0 Å². The number of pyridine rings is 1. The number of ether oxygens (including phenoxy) is 1. The molecule has 34 heavy (non-hydrogen) atoms. The molecule has 0 bridgehead atoms. The molecule has 0 spiro atoms. The van der Waals surface area contributed by atoms with Crippen molar-refractivity contribution in [3.05, 3.63) is 65.3 Å². The Kier molecular flexibility index (Phi) is 5.58. The van der Waals surface area contributed by atoms with E-state index in [4.69, 9.17) is 6.11 Å². The largest absolute Gasteiger partial charge is 0.381 e. The van der Waals surface area contributed by atoms with Crippen molar-refractivity contribution in [2.45, 2.75) is 44.8 Å². The van der Waals surface area contributed by atoms with E-state index in [0.29, 0.717) is 29.8 Å². The molecule has 1 saturated carbocycles. The van der Waals surface area contributed by atoms with Crippen LogP contribution < -0.4 is 15.4 Å². The number of nitrogens with zero attached hydrogens (tertiary/aromatic N) is 5. The monoisotopic (exact) mass is 460 g/mol. The fraction of sp³-hybridized carbons (Fsp3) is 0.385. The van der Waals surface area contributed by atoms with Crippen LogP contribution in [-0.4, -0.2) is 46.7 Å². The number of para-hydroxylation sites is 1. The number of carbonyl (C=O) groups is 1. The van der Waals surface area contributed by atoms with Crippen LogP contribution in [-0.2, 0) is 9.53 Å². The Morgan fingerprint density at radius 1 is 1.24 bits per heavy atom. The summed E-state index contributed by atoms with van der Waals surface area (Å²) >= 11 is 0. The standard InChI is InChI=1S/C26H29N5O3/c1-4-23(32)30-13-12-29(21-7-5-6-17(2)24(21)30)22-14-18-15-27-16-28-25(18)31(26(22)33)19-8-10-20(34-3)11-9-19/h4-7,14-16,19-20H,1,8-13H2,2-3H3/i16D. The van der Waals surface area contributed by atoms with Gasteiger partial charge in [-0.3, -0.25) is 14.2 Å². The lowest BCUT2D eigenvalue weighted by Crippen LogP contribution is -2.44. The van der Waals surface area contributed by atoms with Crippen molar-refractivity contribution in [1.29, 1.82) is 0 Å². The smallest absolute Gasteiger partial charge is 0.276 e. The minimum absolute atomic E-state index is 0.0359. The van der Waals surface area contributed by atoms with Crippen LogP contribution in [0, 0.1) is 6.92 Å². The molecule has 1 aliphatic carbocycles. The van der Waals surface area contributed by atoms with Gasteiger partial charge in [-0.15, -0.1) is 0 Å². The SMILES string of the molecule is [2H]c1ncc2cc(N3CCN(C(=O)C=C)c4c(C)cccc43)c(=O)n(C3CCC(OC)CC3)c2n1. The Morgan fingerprint density at radius 3 is 2.76 bits per heavy atom. The van der Waals surface area contributed by atoms with Gasteiger partial charge in [0, 0.05) is 37.8 Å². The summed E-state index contributed by atoms with van der Waals surface area (Å²) in [5.74, 6) is -0.164. The Hall–Kier alpha value is -3.52. The topological polar surface area (TPSA) is 80.6 Å². The lowest BCUT2D eigenvalue weighted by atomic mass is 9.92. The van der Waals surface area contributed by atoms with Crippen molar-refractivity contribution in [1.82, 2.24) is 14.5 Å². The highest BCUT2D eigenvalue weighted by Crippen LogP contribution is 2.40. The van der Waals surface area contributed by atoms with Gasteiger partial charge in [-0.2, -0.15) is 0 Å². The van der Waals surface area contributed by atoms with Gasteiger partial charge in [0.1, 0.15) is 19.0 Å². The van der Waals surface area contributed by atoms with Gasteiger partial charge < -0.3 is 14.5 Å². The van der Waals surface area contributed by atoms with Gasteiger partial charge in [0.05, 0.1) is 17.5 Å². The number of methoxy groups -OCH3 is 1. The maximum atomic E-state index is 14.1. The van der Waals surface area contributed by atoms with Crippen LogP contribution >= 0.6 is 0 Å². The maximum absolute atomic E-state index is 14.1. The van der Waals surface area contributed by atoms with E-state index < -0.39 is 0 Å². The van der Waals surface area contributed by atoms with Gasteiger partial charge in [-0.25, -0.2) is 9.97 Å². The summed E-state index contributed by atoms with van der Waals surface area (Å²) < 4.78 is 15.2. The zero-order valence-corrected chi connectivity index (χ0v) is 19.5. The van der Waals surface area contributed by atoms with Crippen molar-refractivity contribution in [3.63, 3.8) is 0 Å². The second-order valence-corrected chi connectivity index (χ2v) is 8.91. The zero-order chi connectivity index (χ0) is 24.7. The summed E-state index contributed by atoms with van der Waals surface area (Å²) in [6.07, 6.45) is 6.34. The minimum Gasteiger partial charge on any atom is -0.381 e. The number of aryl methyl sites for hydroxylation is 1. The molecular weight excluding hydrogens is 430 g/mol. The quantitative estimate of drug-likeness (QED) is 0.550. The number of anilines is 3.